The number of anilines is 3. The molecule has 49 heavy (non-hydrogen) atoms. The van der Waals surface area contributed by atoms with E-state index in [0.717, 1.165) is 88.3 Å². The topological polar surface area (TPSA) is 42.4 Å². The average molecular weight is 629 g/mol. The Morgan fingerprint density at radius 2 is 1.06 bits per heavy atom. The second-order valence-corrected chi connectivity index (χ2v) is 12.4. The van der Waals surface area contributed by atoms with E-state index in [-0.39, 0.29) is 0 Å². The van der Waals surface area contributed by atoms with Crippen molar-refractivity contribution in [1.82, 2.24) is 4.98 Å². The molecular formula is C45H28N2O2. The first-order chi connectivity index (χ1) is 24.3. The van der Waals surface area contributed by atoms with Crippen LogP contribution in [0.3, 0.4) is 0 Å². The number of oxazole rings is 1. The van der Waals surface area contributed by atoms with Crippen molar-refractivity contribution in [3.63, 3.8) is 0 Å². The van der Waals surface area contributed by atoms with Gasteiger partial charge < -0.3 is 13.7 Å². The quantitative estimate of drug-likeness (QED) is 0.178. The molecule has 0 saturated heterocycles. The van der Waals surface area contributed by atoms with E-state index in [9.17, 15) is 0 Å². The minimum absolute atomic E-state index is 0.632. The molecule has 8 aromatic carbocycles. The van der Waals surface area contributed by atoms with Crippen molar-refractivity contribution in [2.45, 2.75) is 0 Å². The number of benzene rings is 8. The Kier molecular flexibility index (Phi) is 6.15. The smallest absolute Gasteiger partial charge is 0.227 e. The van der Waals surface area contributed by atoms with Crippen LogP contribution in [0.4, 0.5) is 17.1 Å². The number of hydrogen-bond donors (Lipinski definition) is 0. The Bertz CT molecular complexity index is 2820. The normalized spacial score (nSPS) is 11.7. The maximum absolute atomic E-state index is 6.45. The predicted molar refractivity (Wildman–Crippen MR) is 202 cm³/mol. The van der Waals surface area contributed by atoms with Gasteiger partial charge in [0.1, 0.15) is 16.7 Å². The third-order valence-electron chi connectivity index (χ3n) is 9.47. The van der Waals surface area contributed by atoms with Crippen LogP contribution in [0.15, 0.2) is 179 Å². The van der Waals surface area contributed by atoms with Gasteiger partial charge in [0.25, 0.3) is 0 Å². The standard InChI is InChI=1S/C45H28N2O2/c1-3-9-31(10-4-1)45-46-40-26-20-30-15-16-33-27-36(23-25-37(33)43(30)44(40)49-45)47(34-11-5-2-6-12-34)35-21-17-29(18-22-35)32-19-24-39-38-13-7-8-14-41(38)48-42(39)28-32/h1-28H. The van der Waals surface area contributed by atoms with Crippen LogP contribution in [0.1, 0.15) is 0 Å². The van der Waals surface area contributed by atoms with Crippen molar-refractivity contribution in [2.75, 3.05) is 4.90 Å². The van der Waals surface area contributed by atoms with Crippen molar-refractivity contribution in [3.05, 3.63) is 170 Å². The Morgan fingerprint density at radius 1 is 0.408 bits per heavy atom. The molecule has 4 nitrogen and oxygen atoms in total. The van der Waals surface area contributed by atoms with Crippen molar-refractivity contribution in [3.8, 4) is 22.6 Å². The number of rotatable bonds is 5. The molecular weight excluding hydrogens is 601 g/mol. The molecule has 0 bridgehead atoms. The van der Waals surface area contributed by atoms with E-state index in [2.05, 4.69) is 126 Å². The summed E-state index contributed by atoms with van der Waals surface area (Å²) in [4.78, 5) is 7.14. The van der Waals surface area contributed by atoms with Crippen LogP contribution in [0.5, 0.6) is 0 Å². The predicted octanol–water partition coefficient (Wildman–Crippen LogP) is 12.8. The molecule has 0 amide bonds. The second-order valence-electron chi connectivity index (χ2n) is 12.4. The lowest BCUT2D eigenvalue weighted by Gasteiger charge is -2.26. The number of aromatic nitrogens is 1. The second kappa shape index (κ2) is 11.0. The van der Waals surface area contributed by atoms with Crippen molar-refractivity contribution < 1.29 is 8.83 Å². The fraction of sp³-hybridized carbons (Fsp3) is 0. The van der Waals surface area contributed by atoms with Crippen LogP contribution in [-0.2, 0) is 0 Å². The summed E-state index contributed by atoms with van der Waals surface area (Å²) < 4.78 is 12.6. The lowest BCUT2D eigenvalue weighted by atomic mass is 10.00. The number of furan rings is 1. The third-order valence-corrected chi connectivity index (χ3v) is 9.47. The first kappa shape index (κ1) is 27.5. The van der Waals surface area contributed by atoms with Crippen LogP contribution >= 0.6 is 0 Å². The molecule has 0 radical (unpaired) electrons. The van der Waals surface area contributed by atoms with E-state index in [1.54, 1.807) is 0 Å². The highest BCUT2D eigenvalue weighted by Gasteiger charge is 2.17. The van der Waals surface area contributed by atoms with Gasteiger partial charge in [-0.2, -0.15) is 0 Å². The van der Waals surface area contributed by atoms with Crippen LogP contribution in [-0.4, -0.2) is 4.98 Å². The molecule has 0 saturated carbocycles. The van der Waals surface area contributed by atoms with Gasteiger partial charge in [-0.05, 0) is 100 Å². The molecule has 0 spiro atoms. The van der Waals surface area contributed by atoms with Gasteiger partial charge in [-0.3, -0.25) is 0 Å². The van der Waals surface area contributed by atoms with E-state index >= 15 is 0 Å². The van der Waals surface area contributed by atoms with E-state index in [0.29, 0.717) is 5.89 Å². The summed E-state index contributed by atoms with van der Waals surface area (Å²) in [6, 6.07) is 59.3. The Labute approximate surface area is 282 Å². The monoisotopic (exact) mass is 628 g/mol. The van der Waals surface area contributed by atoms with Gasteiger partial charge in [0.2, 0.25) is 5.89 Å². The van der Waals surface area contributed by atoms with E-state index < -0.39 is 0 Å². The highest BCUT2D eigenvalue weighted by atomic mass is 16.3. The average Bonchev–Trinajstić information content (AvgIpc) is 3.78. The van der Waals surface area contributed by atoms with E-state index in [4.69, 9.17) is 13.8 Å². The summed E-state index contributed by atoms with van der Waals surface area (Å²) in [5.41, 5.74) is 9.93. The largest absolute Gasteiger partial charge is 0.456 e. The number of hydrogen-bond acceptors (Lipinski definition) is 4. The third kappa shape index (κ3) is 4.57. The van der Waals surface area contributed by atoms with Gasteiger partial charge in [-0.1, -0.05) is 97.1 Å². The number of nitrogens with zero attached hydrogens (tertiary/aromatic N) is 2. The summed E-state index contributed by atoms with van der Waals surface area (Å²) in [5, 5.41) is 6.74. The fourth-order valence-corrected chi connectivity index (χ4v) is 7.10. The van der Waals surface area contributed by atoms with Gasteiger partial charge in [0.05, 0.1) is 0 Å². The van der Waals surface area contributed by atoms with Crippen LogP contribution in [0.2, 0.25) is 0 Å². The molecule has 0 aliphatic rings. The van der Waals surface area contributed by atoms with Gasteiger partial charge in [-0.15, -0.1) is 0 Å². The SMILES string of the molecule is c1ccc(-c2nc3ccc4ccc5cc(N(c6ccccc6)c6ccc(-c7ccc8c(c7)oc7ccccc78)cc6)ccc5c4c3o2)cc1. The Hall–Kier alpha value is -6.65. The zero-order chi connectivity index (χ0) is 32.3. The summed E-state index contributed by atoms with van der Waals surface area (Å²) in [6.45, 7) is 0. The first-order valence-corrected chi connectivity index (χ1v) is 16.5. The maximum Gasteiger partial charge on any atom is 0.227 e. The molecule has 2 aromatic heterocycles. The summed E-state index contributed by atoms with van der Waals surface area (Å²) in [6.07, 6.45) is 0. The van der Waals surface area contributed by atoms with Crippen LogP contribution < -0.4 is 4.90 Å². The first-order valence-electron chi connectivity index (χ1n) is 16.5. The highest BCUT2D eigenvalue weighted by Crippen LogP contribution is 2.40. The van der Waals surface area contributed by atoms with E-state index in [1.165, 1.54) is 0 Å². The lowest BCUT2D eigenvalue weighted by molar-refractivity contribution is 0.623. The molecule has 0 aliphatic heterocycles. The lowest BCUT2D eigenvalue weighted by Crippen LogP contribution is -2.09. The molecule has 4 heteroatoms. The molecule has 10 rings (SSSR count). The minimum atomic E-state index is 0.632. The molecule has 10 aromatic rings. The van der Waals surface area contributed by atoms with Crippen molar-refractivity contribution in [2.24, 2.45) is 0 Å². The molecule has 230 valence electrons. The molecule has 2 heterocycles. The molecule has 0 atom stereocenters. The summed E-state index contributed by atoms with van der Waals surface area (Å²) >= 11 is 0. The molecule has 0 N–H and O–H groups in total. The van der Waals surface area contributed by atoms with Crippen molar-refractivity contribution in [1.29, 1.82) is 0 Å². The Morgan fingerprint density at radius 3 is 1.92 bits per heavy atom. The summed E-state index contributed by atoms with van der Waals surface area (Å²) in [7, 11) is 0. The zero-order valence-electron chi connectivity index (χ0n) is 26.4. The van der Waals surface area contributed by atoms with Gasteiger partial charge >= 0.3 is 0 Å². The number of para-hydroxylation sites is 2. The van der Waals surface area contributed by atoms with Crippen molar-refractivity contribution >= 4 is 71.6 Å². The highest BCUT2D eigenvalue weighted by molar-refractivity contribution is 6.18. The van der Waals surface area contributed by atoms with Gasteiger partial charge in [0, 0.05) is 38.8 Å². The molecule has 0 aliphatic carbocycles. The van der Waals surface area contributed by atoms with E-state index in [1.807, 2.05) is 48.5 Å². The molecule has 0 fully saturated rings. The van der Waals surface area contributed by atoms with Crippen LogP contribution in [0, 0.1) is 0 Å². The van der Waals surface area contributed by atoms with Gasteiger partial charge in [-0.25, -0.2) is 4.98 Å². The Balaban J connectivity index is 1.07. The van der Waals surface area contributed by atoms with Crippen LogP contribution in [0.25, 0.3) is 77.2 Å². The fourth-order valence-electron chi connectivity index (χ4n) is 7.10. The zero-order valence-corrected chi connectivity index (χ0v) is 26.4. The minimum Gasteiger partial charge on any atom is -0.456 e. The summed E-state index contributed by atoms with van der Waals surface area (Å²) in [5.74, 6) is 0.632. The maximum atomic E-state index is 6.45. The number of fused-ring (bicyclic) bond motifs is 8. The molecule has 0 unspecified atom stereocenters. The van der Waals surface area contributed by atoms with Gasteiger partial charge in [0.15, 0.2) is 5.58 Å².